The van der Waals surface area contributed by atoms with Crippen molar-refractivity contribution in [3.05, 3.63) is 62.8 Å². The number of rotatable bonds is 4. The molecule has 29 heavy (non-hydrogen) atoms. The summed E-state index contributed by atoms with van der Waals surface area (Å²) in [6.45, 7) is 3.86. The first kappa shape index (κ1) is 19.4. The first-order chi connectivity index (χ1) is 13.9. The number of nitrogens with one attached hydrogen (secondary N) is 1. The molecule has 0 unspecified atom stereocenters. The number of nitrogens with zero attached hydrogens (tertiary/aromatic N) is 3. The number of thiophene rings is 1. The standard InChI is InChI=1S/C21H21FN4O2S/c1-12-3-8-16-17(9-12)29-20-18(16)21(28)26(11-23-20)13(2)19(27)25-24-10-14-4-6-15(22)7-5-14/h4-7,10-13H,3,8-9H2,1-2H3,(H,25,27)/b24-10+/t12-,13-/m0/s1. The summed E-state index contributed by atoms with van der Waals surface area (Å²) in [5.74, 6) is -0.155. The number of benzene rings is 1. The van der Waals surface area contributed by atoms with E-state index in [1.165, 1.54) is 34.1 Å². The number of halogens is 1. The molecule has 2 aromatic heterocycles. The maximum absolute atomic E-state index is 13.1. The second kappa shape index (κ2) is 7.87. The van der Waals surface area contributed by atoms with E-state index in [2.05, 4.69) is 22.4 Å². The minimum absolute atomic E-state index is 0.188. The van der Waals surface area contributed by atoms with Crippen LogP contribution in [-0.4, -0.2) is 21.7 Å². The molecule has 0 spiro atoms. The number of hydrogen-bond donors (Lipinski definition) is 1. The summed E-state index contributed by atoms with van der Waals surface area (Å²) in [5, 5.41) is 4.54. The Morgan fingerprint density at radius 2 is 2.17 bits per heavy atom. The van der Waals surface area contributed by atoms with Gasteiger partial charge in [0, 0.05) is 4.88 Å². The van der Waals surface area contributed by atoms with Crippen molar-refractivity contribution < 1.29 is 9.18 Å². The fourth-order valence-corrected chi connectivity index (χ4v) is 4.90. The monoisotopic (exact) mass is 412 g/mol. The summed E-state index contributed by atoms with van der Waals surface area (Å²) in [5.41, 5.74) is 3.99. The lowest BCUT2D eigenvalue weighted by molar-refractivity contribution is -0.123. The molecule has 0 fully saturated rings. The molecule has 0 saturated carbocycles. The molecule has 1 N–H and O–H groups in total. The van der Waals surface area contributed by atoms with Gasteiger partial charge in [-0.1, -0.05) is 19.1 Å². The van der Waals surface area contributed by atoms with Crippen molar-refractivity contribution in [3.63, 3.8) is 0 Å². The van der Waals surface area contributed by atoms with Gasteiger partial charge in [-0.3, -0.25) is 14.2 Å². The van der Waals surface area contributed by atoms with E-state index in [4.69, 9.17) is 0 Å². The van der Waals surface area contributed by atoms with Crippen LogP contribution in [0.15, 0.2) is 40.5 Å². The highest BCUT2D eigenvalue weighted by molar-refractivity contribution is 7.18. The third-order valence-electron chi connectivity index (χ3n) is 5.30. The Hall–Kier alpha value is -2.87. The Morgan fingerprint density at radius 3 is 2.93 bits per heavy atom. The minimum atomic E-state index is -0.761. The van der Waals surface area contributed by atoms with Gasteiger partial charge in [0.25, 0.3) is 11.5 Å². The topological polar surface area (TPSA) is 76.3 Å². The molecule has 150 valence electrons. The van der Waals surface area contributed by atoms with Crippen LogP contribution in [0, 0.1) is 11.7 Å². The molecule has 0 radical (unpaired) electrons. The van der Waals surface area contributed by atoms with Crippen LogP contribution in [-0.2, 0) is 17.6 Å². The summed E-state index contributed by atoms with van der Waals surface area (Å²) in [7, 11) is 0. The first-order valence-corrected chi connectivity index (χ1v) is 10.4. The molecular formula is C21H21FN4O2S. The molecular weight excluding hydrogens is 391 g/mol. The van der Waals surface area contributed by atoms with Gasteiger partial charge < -0.3 is 0 Å². The lowest BCUT2D eigenvalue weighted by Gasteiger charge is -2.18. The predicted molar refractivity (Wildman–Crippen MR) is 112 cm³/mol. The zero-order valence-corrected chi connectivity index (χ0v) is 17.0. The Labute approximate surface area is 171 Å². The van der Waals surface area contributed by atoms with Crippen LogP contribution < -0.4 is 11.0 Å². The molecule has 0 saturated heterocycles. The fraction of sp³-hybridized carbons (Fsp3) is 0.333. The Balaban J connectivity index is 1.55. The summed E-state index contributed by atoms with van der Waals surface area (Å²) < 4.78 is 14.3. The van der Waals surface area contributed by atoms with Gasteiger partial charge in [0.1, 0.15) is 16.7 Å². The number of carbonyl (C=O) groups is 1. The first-order valence-electron chi connectivity index (χ1n) is 9.54. The Bertz CT molecular complexity index is 1150. The van der Waals surface area contributed by atoms with Crippen molar-refractivity contribution in [2.45, 2.75) is 39.2 Å². The van der Waals surface area contributed by atoms with Crippen LogP contribution in [0.1, 0.15) is 42.3 Å². The van der Waals surface area contributed by atoms with E-state index < -0.39 is 11.9 Å². The molecule has 4 rings (SSSR count). The van der Waals surface area contributed by atoms with Crippen molar-refractivity contribution in [3.8, 4) is 0 Å². The van der Waals surface area contributed by atoms with Crippen molar-refractivity contribution in [2.24, 2.45) is 11.0 Å². The van der Waals surface area contributed by atoms with Crippen LogP contribution in [0.3, 0.4) is 0 Å². The highest BCUT2D eigenvalue weighted by Crippen LogP contribution is 2.35. The van der Waals surface area contributed by atoms with E-state index in [1.807, 2.05) is 0 Å². The molecule has 2 atom stereocenters. The van der Waals surface area contributed by atoms with Crippen LogP contribution in [0.5, 0.6) is 0 Å². The van der Waals surface area contributed by atoms with Crippen molar-refractivity contribution in [2.75, 3.05) is 0 Å². The summed E-state index contributed by atoms with van der Waals surface area (Å²) in [6, 6.07) is 4.97. The fourth-order valence-electron chi connectivity index (χ4n) is 3.56. The molecule has 0 bridgehead atoms. The van der Waals surface area contributed by atoms with Crippen LogP contribution >= 0.6 is 11.3 Å². The van der Waals surface area contributed by atoms with Gasteiger partial charge in [-0.2, -0.15) is 5.10 Å². The molecule has 0 aliphatic heterocycles. The zero-order valence-electron chi connectivity index (χ0n) is 16.2. The predicted octanol–water partition coefficient (Wildman–Crippen LogP) is 3.43. The third kappa shape index (κ3) is 3.85. The Kier molecular flexibility index (Phi) is 5.27. The largest absolute Gasteiger partial charge is 0.286 e. The summed E-state index contributed by atoms with van der Waals surface area (Å²) in [4.78, 5) is 32.0. The van der Waals surface area contributed by atoms with Crippen LogP contribution in [0.4, 0.5) is 4.39 Å². The van der Waals surface area contributed by atoms with E-state index >= 15 is 0 Å². The maximum Gasteiger partial charge on any atom is 0.263 e. The van der Waals surface area contributed by atoms with Crippen LogP contribution in [0.25, 0.3) is 10.2 Å². The number of amides is 1. The smallest absolute Gasteiger partial charge is 0.263 e. The average Bonchev–Trinajstić information content (AvgIpc) is 3.07. The number of aryl methyl sites for hydroxylation is 1. The van der Waals surface area contributed by atoms with Crippen molar-refractivity contribution in [1.82, 2.24) is 15.0 Å². The molecule has 1 aliphatic rings. The molecule has 3 aromatic rings. The second-order valence-electron chi connectivity index (χ2n) is 7.45. The van der Waals surface area contributed by atoms with Gasteiger partial charge in [0.05, 0.1) is 17.9 Å². The number of aromatic nitrogens is 2. The lowest BCUT2D eigenvalue weighted by Crippen LogP contribution is -2.34. The average molecular weight is 412 g/mol. The van der Waals surface area contributed by atoms with Crippen LogP contribution in [0.2, 0.25) is 0 Å². The third-order valence-corrected chi connectivity index (χ3v) is 6.46. The highest BCUT2D eigenvalue weighted by atomic mass is 32.1. The number of fused-ring (bicyclic) bond motifs is 3. The number of hydrogen-bond acceptors (Lipinski definition) is 5. The van der Waals surface area contributed by atoms with Gasteiger partial charge in [-0.25, -0.2) is 14.8 Å². The normalized spacial score (nSPS) is 17.4. The van der Waals surface area contributed by atoms with E-state index in [-0.39, 0.29) is 11.4 Å². The quantitative estimate of drug-likeness (QED) is 0.527. The molecule has 6 nitrogen and oxygen atoms in total. The molecule has 1 aromatic carbocycles. The van der Waals surface area contributed by atoms with E-state index in [9.17, 15) is 14.0 Å². The van der Waals surface area contributed by atoms with Crippen molar-refractivity contribution >= 4 is 33.7 Å². The maximum atomic E-state index is 13.1. The second-order valence-corrected chi connectivity index (χ2v) is 8.53. The van der Waals surface area contributed by atoms with Gasteiger partial charge in [0.15, 0.2) is 0 Å². The molecule has 1 amide bonds. The zero-order chi connectivity index (χ0) is 20.5. The molecule has 8 heteroatoms. The molecule has 1 aliphatic carbocycles. The SMILES string of the molecule is C[C@H]1CCc2c(sc3ncn([C@@H](C)C(=O)N/N=C/c4ccc(F)cc4)c(=O)c23)C1. The van der Waals surface area contributed by atoms with E-state index in [1.54, 1.807) is 30.4 Å². The minimum Gasteiger partial charge on any atom is -0.286 e. The van der Waals surface area contributed by atoms with E-state index in [0.29, 0.717) is 16.9 Å². The van der Waals surface area contributed by atoms with Gasteiger partial charge in [0.2, 0.25) is 0 Å². The number of hydrazone groups is 1. The number of carbonyl (C=O) groups excluding carboxylic acids is 1. The van der Waals surface area contributed by atoms with Crippen molar-refractivity contribution in [1.29, 1.82) is 0 Å². The van der Waals surface area contributed by atoms with Gasteiger partial charge in [-0.15, -0.1) is 11.3 Å². The summed E-state index contributed by atoms with van der Waals surface area (Å²) >= 11 is 1.58. The van der Waals surface area contributed by atoms with Gasteiger partial charge >= 0.3 is 0 Å². The van der Waals surface area contributed by atoms with E-state index in [0.717, 1.165) is 29.7 Å². The van der Waals surface area contributed by atoms with Gasteiger partial charge in [-0.05, 0) is 55.4 Å². The molecule has 2 heterocycles. The lowest BCUT2D eigenvalue weighted by atomic mass is 9.89. The summed E-state index contributed by atoms with van der Waals surface area (Å²) in [6.07, 6.45) is 5.76. The Morgan fingerprint density at radius 1 is 1.41 bits per heavy atom. The highest BCUT2D eigenvalue weighted by Gasteiger charge is 2.25.